The van der Waals surface area contributed by atoms with Crippen molar-refractivity contribution in [3.63, 3.8) is 0 Å². The van der Waals surface area contributed by atoms with Crippen LogP contribution in [0, 0.1) is 0 Å². The van der Waals surface area contributed by atoms with E-state index in [0.717, 1.165) is 0 Å². The molecule has 22 heavy (non-hydrogen) atoms. The van der Waals surface area contributed by atoms with Gasteiger partial charge in [-0.2, -0.15) is 0 Å². The Kier molecular flexibility index (Phi) is 5.82. The van der Waals surface area contributed by atoms with E-state index in [1.807, 2.05) is 0 Å². The zero-order valence-electron chi connectivity index (χ0n) is 11.5. The minimum Gasteiger partial charge on any atom is -0.394 e. The highest BCUT2D eigenvalue weighted by atomic mass is 16.7. The summed E-state index contributed by atoms with van der Waals surface area (Å²) in [6.07, 6.45) is -12.4. The predicted octanol–water partition coefficient (Wildman–Crippen LogP) is -4.51. The molecule has 2 heterocycles. The fourth-order valence-electron chi connectivity index (χ4n) is 2.44. The summed E-state index contributed by atoms with van der Waals surface area (Å²) in [7, 11) is 0. The number of aliphatic hydroxyl groups excluding tert-OH is 6. The van der Waals surface area contributed by atoms with Crippen molar-refractivity contribution < 1.29 is 49.6 Å². The largest absolute Gasteiger partial charge is 0.394 e. The number of hydrogen-bond donors (Lipinski definition) is 6. The van der Waals surface area contributed by atoms with Crippen molar-refractivity contribution in [3.05, 3.63) is 0 Å². The zero-order valence-corrected chi connectivity index (χ0v) is 11.5. The molecule has 0 aromatic heterocycles. The summed E-state index contributed by atoms with van der Waals surface area (Å²) in [6, 6.07) is 0. The van der Waals surface area contributed by atoms with Gasteiger partial charge < -0.3 is 49.6 Å². The van der Waals surface area contributed by atoms with Crippen LogP contribution in [0.3, 0.4) is 0 Å². The van der Waals surface area contributed by atoms with Crippen molar-refractivity contribution in [1.82, 2.24) is 0 Å². The van der Waals surface area contributed by atoms with E-state index in [1.165, 1.54) is 0 Å². The number of hydrogen-bond acceptors (Lipinski definition) is 10. The van der Waals surface area contributed by atoms with Crippen LogP contribution in [0.5, 0.6) is 0 Å². The van der Waals surface area contributed by atoms with Gasteiger partial charge in [-0.3, -0.25) is 0 Å². The van der Waals surface area contributed by atoms with E-state index in [2.05, 4.69) is 0 Å². The summed E-state index contributed by atoms with van der Waals surface area (Å²) in [5, 5.41) is 57.2. The van der Waals surface area contributed by atoms with Gasteiger partial charge in [0, 0.05) is 0 Å². The van der Waals surface area contributed by atoms with E-state index in [4.69, 9.17) is 19.3 Å². The maximum atomic E-state index is 11.1. The van der Waals surface area contributed by atoms with Gasteiger partial charge in [-0.25, -0.2) is 0 Å². The fourth-order valence-corrected chi connectivity index (χ4v) is 2.44. The SMILES string of the molecule is O=C[C@H](OC1O[C@H](CO)[C@H](O)[C@H](O)[C@H]1O)[C@H]1OC[C@@H](O)[C@@H]1O. The summed E-state index contributed by atoms with van der Waals surface area (Å²) >= 11 is 0. The number of carbonyl (C=O) groups is 1. The van der Waals surface area contributed by atoms with Gasteiger partial charge in [0.15, 0.2) is 12.6 Å². The summed E-state index contributed by atoms with van der Waals surface area (Å²) < 4.78 is 15.3. The van der Waals surface area contributed by atoms with Gasteiger partial charge in [-0.1, -0.05) is 0 Å². The Labute approximate surface area is 125 Å². The van der Waals surface area contributed by atoms with E-state index in [1.54, 1.807) is 0 Å². The average Bonchev–Trinajstić information content (AvgIpc) is 2.84. The molecule has 9 atom stereocenters. The fraction of sp³-hybridized carbons (Fsp3) is 0.917. The van der Waals surface area contributed by atoms with E-state index in [0.29, 0.717) is 6.29 Å². The normalized spacial score (nSPS) is 47.4. The topological polar surface area (TPSA) is 166 Å². The van der Waals surface area contributed by atoms with Gasteiger partial charge in [-0.15, -0.1) is 0 Å². The standard InChI is InChI=1S/C12H20O10/c13-1-5-8(17)9(18)10(19)12(21-5)22-6(2-14)11-7(16)4(15)3-20-11/h2,4-13,15-19H,1,3H2/t4-,5-,6+,7+,8+,9+,10-,11-,12?/m1/s1. The van der Waals surface area contributed by atoms with E-state index < -0.39 is 61.7 Å². The molecule has 2 rings (SSSR count). The molecule has 2 aliphatic heterocycles. The Hall–Kier alpha value is -0.690. The van der Waals surface area contributed by atoms with Crippen LogP contribution in [0.15, 0.2) is 0 Å². The average molecular weight is 324 g/mol. The molecule has 0 spiro atoms. The van der Waals surface area contributed by atoms with Crippen LogP contribution in [-0.4, -0.2) is 105 Å². The molecule has 0 amide bonds. The van der Waals surface area contributed by atoms with Gasteiger partial charge in [0.05, 0.1) is 13.2 Å². The first-order chi connectivity index (χ1) is 10.4. The number of ether oxygens (including phenoxy) is 3. The van der Waals surface area contributed by atoms with Crippen LogP contribution in [0.4, 0.5) is 0 Å². The van der Waals surface area contributed by atoms with Crippen LogP contribution >= 0.6 is 0 Å². The molecule has 0 aromatic rings. The second-order valence-corrected chi connectivity index (χ2v) is 5.29. The molecule has 10 heteroatoms. The Balaban J connectivity index is 2.05. The highest BCUT2D eigenvalue weighted by molar-refractivity contribution is 5.57. The van der Waals surface area contributed by atoms with Gasteiger partial charge in [-0.05, 0) is 0 Å². The molecular weight excluding hydrogens is 304 g/mol. The van der Waals surface area contributed by atoms with Crippen LogP contribution in [0.1, 0.15) is 0 Å². The first-order valence-electron chi connectivity index (χ1n) is 6.79. The summed E-state index contributed by atoms with van der Waals surface area (Å²) in [5.41, 5.74) is 0. The molecule has 6 N–H and O–H groups in total. The molecular formula is C12H20O10. The number of aliphatic hydroxyl groups is 6. The van der Waals surface area contributed by atoms with Gasteiger partial charge in [0.1, 0.15) is 48.8 Å². The highest BCUT2D eigenvalue weighted by Crippen LogP contribution is 2.25. The van der Waals surface area contributed by atoms with E-state index in [-0.39, 0.29) is 6.61 Å². The van der Waals surface area contributed by atoms with Crippen LogP contribution in [0.2, 0.25) is 0 Å². The van der Waals surface area contributed by atoms with E-state index >= 15 is 0 Å². The summed E-state index contributed by atoms with van der Waals surface area (Å²) in [5.74, 6) is 0. The minimum atomic E-state index is -1.68. The summed E-state index contributed by atoms with van der Waals surface area (Å²) in [4.78, 5) is 11.1. The molecule has 2 aliphatic rings. The summed E-state index contributed by atoms with van der Waals surface area (Å²) in [6.45, 7) is -0.827. The molecule has 10 nitrogen and oxygen atoms in total. The Morgan fingerprint density at radius 2 is 1.77 bits per heavy atom. The van der Waals surface area contributed by atoms with Crippen molar-refractivity contribution in [1.29, 1.82) is 0 Å². The van der Waals surface area contributed by atoms with Crippen molar-refractivity contribution in [2.24, 2.45) is 0 Å². The number of rotatable bonds is 5. The van der Waals surface area contributed by atoms with Crippen LogP contribution in [0.25, 0.3) is 0 Å². The molecule has 2 saturated heterocycles. The third-order valence-corrected chi connectivity index (χ3v) is 3.79. The Morgan fingerprint density at radius 3 is 2.27 bits per heavy atom. The third kappa shape index (κ3) is 3.30. The number of aldehydes is 1. The lowest BCUT2D eigenvalue weighted by Gasteiger charge is -2.40. The van der Waals surface area contributed by atoms with Gasteiger partial charge in [0.2, 0.25) is 0 Å². The molecule has 0 aliphatic carbocycles. The van der Waals surface area contributed by atoms with Crippen molar-refractivity contribution in [3.8, 4) is 0 Å². The quantitative estimate of drug-likeness (QED) is 0.271. The maximum Gasteiger partial charge on any atom is 0.187 e. The van der Waals surface area contributed by atoms with Crippen LogP contribution in [-0.2, 0) is 19.0 Å². The Morgan fingerprint density at radius 1 is 1.09 bits per heavy atom. The molecule has 0 aromatic carbocycles. The number of carbonyl (C=O) groups excluding carboxylic acids is 1. The first-order valence-corrected chi connectivity index (χ1v) is 6.79. The monoisotopic (exact) mass is 324 g/mol. The lowest BCUT2D eigenvalue weighted by atomic mass is 9.99. The first kappa shape index (κ1) is 17.7. The smallest absolute Gasteiger partial charge is 0.187 e. The molecule has 0 saturated carbocycles. The zero-order chi connectivity index (χ0) is 16.4. The molecule has 0 bridgehead atoms. The molecule has 1 unspecified atom stereocenters. The van der Waals surface area contributed by atoms with Crippen molar-refractivity contribution in [2.75, 3.05) is 13.2 Å². The Bertz CT molecular complexity index is 377. The highest BCUT2D eigenvalue weighted by Gasteiger charge is 2.47. The third-order valence-electron chi connectivity index (χ3n) is 3.79. The second-order valence-electron chi connectivity index (χ2n) is 5.29. The van der Waals surface area contributed by atoms with Crippen molar-refractivity contribution in [2.45, 2.75) is 55.1 Å². The minimum absolute atomic E-state index is 0.186. The van der Waals surface area contributed by atoms with Gasteiger partial charge in [0.25, 0.3) is 0 Å². The van der Waals surface area contributed by atoms with Crippen LogP contribution < -0.4 is 0 Å². The molecule has 2 fully saturated rings. The molecule has 128 valence electrons. The predicted molar refractivity (Wildman–Crippen MR) is 66.5 cm³/mol. The van der Waals surface area contributed by atoms with Gasteiger partial charge >= 0.3 is 0 Å². The van der Waals surface area contributed by atoms with E-state index in [9.17, 15) is 30.3 Å². The van der Waals surface area contributed by atoms with Crippen molar-refractivity contribution >= 4 is 6.29 Å². The maximum absolute atomic E-state index is 11.1. The lowest BCUT2D eigenvalue weighted by Crippen LogP contribution is -2.60. The lowest BCUT2D eigenvalue weighted by molar-refractivity contribution is -0.313. The second kappa shape index (κ2) is 7.25. The molecule has 0 radical (unpaired) electrons.